The van der Waals surface area contributed by atoms with Crippen LogP contribution in [-0.4, -0.2) is 32.1 Å². The topological polar surface area (TPSA) is 81.4 Å². The molecule has 0 heterocycles. The molecule has 0 saturated heterocycles. The third-order valence-electron chi connectivity index (χ3n) is 1.35. The largest absolute Gasteiger partial charge is 0.469 e. The monoisotopic (exact) mass is 174 g/mol. The van der Waals surface area contributed by atoms with E-state index in [9.17, 15) is 9.59 Å². The van der Waals surface area contributed by atoms with Gasteiger partial charge in [-0.2, -0.15) is 0 Å². The van der Waals surface area contributed by atoms with Gasteiger partial charge in [-0.25, -0.2) is 0 Å². The smallest absolute Gasteiger partial charge is 0.309 e. The minimum Gasteiger partial charge on any atom is -0.469 e. The van der Waals surface area contributed by atoms with E-state index in [2.05, 4.69) is 10.1 Å². The van der Waals surface area contributed by atoms with Crippen LogP contribution in [0.4, 0.5) is 0 Å². The van der Waals surface area contributed by atoms with Crippen LogP contribution >= 0.6 is 0 Å². The van der Waals surface area contributed by atoms with E-state index in [1.807, 2.05) is 0 Å². The van der Waals surface area contributed by atoms with Gasteiger partial charge in [0.15, 0.2) is 0 Å². The first-order valence-corrected chi connectivity index (χ1v) is 3.64. The molecule has 70 valence electrons. The fraction of sp³-hybridized carbons (Fsp3) is 0.714. The molecule has 0 aromatic carbocycles. The van der Waals surface area contributed by atoms with Gasteiger partial charge in [-0.3, -0.25) is 9.59 Å². The Balaban J connectivity index is 3.50. The summed E-state index contributed by atoms with van der Waals surface area (Å²) >= 11 is 0. The van der Waals surface area contributed by atoms with E-state index in [0.29, 0.717) is 6.54 Å². The van der Waals surface area contributed by atoms with Crippen molar-refractivity contribution in [3.05, 3.63) is 0 Å². The quantitative estimate of drug-likeness (QED) is 0.517. The maximum Gasteiger partial charge on any atom is 0.309 e. The SMILES string of the molecule is COC(=O)C(C)CNCC(N)=O. The van der Waals surface area contributed by atoms with Crippen LogP contribution in [0.3, 0.4) is 0 Å². The Labute approximate surface area is 71.3 Å². The molecule has 0 aliphatic carbocycles. The first kappa shape index (κ1) is 10.9. The third kappa shape index (κ3) is 4.68. The summed E-state index contributed by atoms with van der Waals surface area (Å²) in [5.74, 6) is -0.992. The van der Waals surface area contributed by atoms with Crippen LogP contribution < -0.4 is 11.1 Å². The lowest BCUT2D eigenvalue weighted by Crippen LogP contribution is -2.34. The number of rotatable bonds is 5. The summed E-state index contributed by atoms with van der Waals surface area (Å²) in [5.41, 5.74) is 4.87. The highest BCUT2D eigenvalue weighted by atomic mass is 16.5. The van der Waals surface area contributed by atoms with Gasteiger partial charge in [0.05, 0.1) is 19.6 Å². The zero-order valence-electron chi connectivity index (χ0n) is 7.29. The Morgan fingerprint density at radius 3 is 2.58 bits per heavy atom. The zero-order chi connectivity index (χ0) is 9.56. The number of esters is 1. The first-order valence-electron chi connectivity index (χ1n) is 3.64. The van der Waals surface area contributed by atoms with Crippen molar-refractivity contribution >= 4 is 11.9 Å². The number of hydrogen-bond donors (Lipinski definition) is 2. The molecule has 0 saturated carbocycles. The second-order valence-corrected chi connectivity index (χ2v) is 2.52. The summed E-state index contributed by atoms with van der Waals surface area (Å²) in [5, 5.41) is 2.72. The number of amides is 1. The predicted octanol–water partition coefficient (Wildman–Crippen LogP) is -1.13. The van der Waals surface area contributed by atoms with E-state index in [1.54, 1.807) is 6.92 Å². The van der Waals surface area contributed by atoms with Crippen molar-refractivity contribution in [2.75, 3.05) is 20.2 Å². The van der Waals surface area contributed by atoms with Gasteiger partial charge in [0.1, 0.15) is 0 Å². The molecule has 5 heteroatoms. The number of nitrogens with one attached hydrogen (secondary N) is 1. The van der Waals surface area contributed by atoms with Crippen LogP contribution in [0.15, 0.2) is 0 Å². The minimum absolute atomic E-state index is 0.0847. The highest BCUT2D eigenvalue weighted by Gasteiger charge is 2.11. The van der Waals surface area contributed by atoms with Crippen molar-refractivity contribution in [3.63, 3.8) is 0 Å². The van der Waals surface area contributed by atoms with Crippen LogP contribution in [0.25, 0.3) is 0 Å². The van der Waals surface area contributed by atoms with Crippen LogP contribution in [0.5, 0.6) is 0 Å². The van der Waals surface area contributed by atoms with Gasteiger partial charge >= 0.3 is 5.97 Å². The molecule has 0 aliphatic rings. The highest BCUT2D eigenvalue weighted by Crippen LogP contribution is 1.94. The van der Waals surface area contributed by atoms with E-state index in [1.165, 1.54) is 7.11 Å². The van der Waals surface area contributed by atoms with Crippen molar-refractivity contribution in [3.8, 4) is 0 Å². The summed E-state index contributed by atoms with van der Waals surface area (Å²) in [7, 11) is 1.33. The van der Waals surface area contributed by atoms with Crippen molar-refractivity contribution < 1.29 is 14.3 Å². The minimum atomic E-state index is -0.438. The second kappa shape index (κ2) is 5.54. The second-order valence-electron chi connectivity index (χ2n) is 2.52. The average Bonchev–Trinajstić information content (AvgIpc) is 2.02. The highest BCUT2D eigenvalue weighted by molar-refractivity contribution is 5.76. The molecule has 0 aliphatic heterocycles. The molecule has 0 bridgehead atoms. The van der Waals surface area contributed by atoms with E-state index in [-0.39, 0.29) is 18.4 Å². The predicted molar refractivity (Wildman–Crippen MR) is 43.2 cm³/mol. The summed E-state index contributed by atoms with van der Waals surface area (Å²) in [4.78, 5) is 21.1. The molecule has 0 radical (unpaired) electrons. The Morgan fingerprint density at radius 2 is 2.17 bits per heavy atom. The molecule has 0 fully saturated rings. The molecule has 0 aromatic rings. The van der Waals surface area contributed by atoms with Gasteiger partial charge in [-0.1, -0.05) is 6.92 Å². The molecule has 12 heavy (non-hydrogen) atoms. The van der Waals surface area contributed by atoms with Gasteiger partial charge in [0.2, 0.25) is 5.91 Å². The fourth-order valence-electron chi connectivity index (χ4n) is 0.696. The zero-order valence-corrected chi connectivity index (χ0v) is 7.29. The lowest BCUT2D eigenvalue weighted by molar-refractivity contribution is -0.144. The van der Waals surface area contributed by atoms with Gasteiger partial charge < -0.3 is 15.8 Å². The summed E-state index contributed by atoms with van der Waals surface area (Å²) in [6.07, 6.45) is 0. The molecule has 0 rings (SSSR count). The standard InChI is InChI=1S/C7H14N2O3/c1-5(7(11)12-2)3-9-4-6(8)10/h5,9H,3-4H2,1-2H3,(H2,8,10). The fourth-order valence-corrected chi connectivity index (χ4v) is 0.696. The van der Waals surface area contributed by atoms with Crippen molar-refractivity contribution in [1.82, 2.24) is 5.32 Å². The molecule has 3 N–H and O–H groups in total. The molecular formula is C7H14N2O3. The molecule has 1 amide bonds. The lowest BCUT2D eigenvalue weighted by atomic mass is 10.2. The molecule has 1 atom stereocenters. The third-order valence-corrected chi connectivity index (χ3v) is 1.35. The Bertz CT molecular complexity index is 170. The van der Waals surface area contributed by atoms with Crippen LogP contribution in [0.1, 0.15) is 6.92 Å². The number of methoxy groups -OCH3 is 1. The summed E-state index contributed by atoms with van der Waals surface area (Å²) in [6.45, 7) is 2.19. The molecular weight excluding hydrogens is 160 g/mol. The lowest BCUT2D eigenvalue weighted by Gasteiger charge is -2.08. The number of carbonyl (C=O) groups excluding carboxylic acids is 2. The maximum atomic E-state index is 10.8. The Kier molecular flexibility index (Phi) is 5.03. The van der Waals surface area contributed by atoms with Gasteiger partial charge in [0, 0.05) is 6.54 Å². The normalized spacial score (nSPS) is 12.2. The Morgan fingerprint density at radius 1 is 1.58 bits per heavy atom. The van der Waals surface area contributed by atoms with Crippen molar-refractivity contribution in [2.45, 2.75) is 6.92 Å². The van der Waals surface area contributed by atoms with E-state index >= 15 is 0 Å². The molecule has 0 aromatic heterocycles. The van der Waals surface area contributed by atoms with E-state index in [4.69, 9.17) is 5.73 Å². The van der Waals surface area contributed by atoms with E-state index in [0.717, 1.165) is 0 Å². The maximum absolute atomic E-state index is 10.8. The van der Waals surface area contributed by atoms with E-state index < -0.39 is 5.91 Å². The number of hydrogen-bond acceptors (Lipinski definition) is 4. The van der Waals surface area contributed by atoms with Gasteiger partial charge in [-0.15, -0.1) is 0 Å². The van der Waals surface area contributed by atoms with Crippen molar-refractivity contribution in [2.24, 2.45) is 11.7 Å². The summed E-state index contributed by atoms with van der Waals surface area (Å²) < 4.78 is 4.47. The van der Waals surface area contributed by atoms with Crippen LogP contribution in [0.2, 0.25) is 0 Å². The Hall–Kier alpha value is -1.10. The first-order chi connectivity index (χ1) is 5.57. The van der Waals surface area contributed by atoms with Crippen molar-refractivity contribution in [1.29, 1.82) is 0 Å². The number of primary amides is 1. The van der Waals surface area contributed by atoms with Crippen LogP contribution in [-0.2, 0) is 14.3 Å². The molecule has 0 spiro atoms. The molecule has 1 unspecified atom stereocenters. The summed E-state index contributed by atoms with van der Waals surface area (Å²) in [6, 6.07) is 0. The van der Waals surface area contributed by atoms with Gasteiger partial charge in [-0.05, 0) is 0 Å². The average molecular weight is 174 g/mol. The number of nitrogens with two attached hydrogens (primary N) is 1. The van der Waals surface area contributed by atoms with Gasteiger partial charge in [0.25, 0.3) is 0 Å². The van der Waals surface area contributed by atoms with Crippen LogP contribution in [0, 0.1) is 5.92 Å². The number of carbonyl (C=O) groups is 2. The molecule has 5 nitrogen and oxygen atoms in total. The number of ether oxygens (including phenoxy) is 1.